The van der Waals surface area contributed by atoms with E-state index in [2.05, 4.69) is 27.0 Å². The van der Waals surface area contributed by atoms with E-state index in [1.54, 1.807) is 6.33 Å². The zero-order valence-electron chi connectivity index (χ0n) is 11.4. The Morgan fingerprint density at radius 2 is 2.00 bits per heavy atom. The van der Waals surface area contributed by atoms with Crippen LogP contribution in [0.1, 0.15) is 36.6 Å². The Morgan fingerprint density at radius 1 is 1.15 bits per heavy atom. The van der Waals surface area contributed by atoms with Crippen LogP contribution in [0.4, 0.5) is 0 Å². The molecule has 3 rings (SSSR count). The Balaban J connectivity index is 1.77. The van der Waals surface area contributed by atoms with E-state index in [0.29, 0.717) is 6.04 Å². The molecule has 0 amide bonds. The largest absolute Gasteiger partial charge is 0.291 e. The van der Waals surface area contributed by atoms with Gasteiger partial charge < -0.3 is 0 Å². The summed E-state index contributed by atoms with van der Waals surface area (Å²) in [5, 5.41) is 0.791. The number of hydrogen-bond acceptors (Lipinski definition) is 3. The summed E-state index contributed by atoms with van der Waals surface area (Å²) < 4.78 is 0. The van der Waals surface area contributed by atoms with Gasteiger partial charge in [0.25, 0.3) is 0 Å². The lowest BCUT2D eigenvalue weighted by Gasteiger charge is -2.35. The molecule has 3 nitrogen and oxygen atoms in total. The molecule has 1 saturated heterocycles. The number of rotatable bonds is 3. The molecule has 0 saturated carbocycles. The number of nitrogens with zero attached hydrogens (tertiary/aromatic N) is 3. The van der Waals surface area contributed by atoms with E-state index in [1.807, 2.05) is 24.4 Å². The van der Waals surface area contributed by atoms with Crippen molar-refractivity contribution < 1.29 is 0 Å². The molecule has 1 aromatic heterocycles. The van der Waals surface area contributed by atoms with Gasteiger partial charge in [-0.15, -0.1) is 0 Å². The van der Waals surface area contributed by atoms with Crippen LogP contribution in [0, 0.1) is 0 Å². The Kier molecular flexibility index (Phi) is 4.28. The minimum absolute atomic E-state index is 0.405. The maximum Gasteiger partial charge on any atom is 0.115 e. The van der Waals surface area contributed by atoms with Gasteiger partial charge in [0.2, 0.25) is 0 Å². The van der Waals surface area contributed by atoms with Crippen molar-refractivity contribution in [2.45, 2.75) is 31.8 Å². The zero-order chi connectivity index (χ0) is 13.8. The van der Waals surface area contributed by atoms with Gasteiger partial charge in [-0.3, -0.25) is 4.90 Å². The predicted octanol–water partition coefficient (Wildman–Crippen LogP) is 3.86. The van der Waals surface area contributed by atoms with Gasteiger partial charge in [0.1, 0.15) is 6.33 Å². The van der Waals surface area contributed by atoms with Crippen LogP contribution >= 0.6 is 11.6 Å². The highest BCUT2D eigenvalue weighted by molar-refractivity contribution is 6.30. The van der Waals surface area contributed by atoms with Crippen molar-refractivity contribution in [3.05, 3.63) is 59.1 Å². The first-order valence-electron chi connectivity index (χ1n) is 7.07. The molecule has 104 valence electrons. The Morgan fingerprint density at radius 3 is 2.75 bits per heavy atom. The molecule has 2 aromatic rings. The van der Waals surface area contributed by atoms with Crippen LogP contribution in [0.5, 0.6) is 0 Å². The number of halogens is 1. The van der Waals surface area contributed by atoms with Gasteiger partial charge in [-0.25, -0.2) is 9.97 Å². The van der Waals surface area contributed by atoms with E-state index in [4.69, 9.17) is 11.6 Å². The summed E-state index contributed by atoms with van der Waals surface area (Å²) in [5.74, 6) is 0. The van der Waals surface area contributed by atoms with E-state index < -0.39 is 0 Å². The highest BCUT2D eigenvalue weighted by Gasteiger charge is 2.24. The van der Waals surface area contributed by atoms with Gasteiger partial charge in [-0.1, -0.05) is 30.2 Å². The van der Waals surface area contributed by atoms with Crippen molar-refractivity contribution in [1.82, 2.24) is 14.9 Å². The monoisotopic (exact) mass is 287 g/mol. The van der Waals surface area contributed by atoms with Crippen LogP contribution in [-0.2, 0) is 6.54 Å². The first kappa shape index (κ1) is 13.5. The molecule has 0 radical (unpaired) electrons. The Hall–Kier alpha value is -1.45. The first-order chi connectivity index (χ1) is 9.83. The van der Waals surface area contributed by atoms with Gasteiger partial charge in [-0.05, 0) is 43.1 Å². The van der Waals surface area contributed by atoms with E-state index in [0.717, 1.165) is 23.8 Å². The number of likely N-dealkylation sites (tertiary alicyclic amines) is 1. The molecule has 0 aliphatic carbocycles. The third-order valence-electron chi connectivity index (χ3n) is 3.86. The molecule has 2 heterocycles. The fraction of sp³-hybridized carbons (Fsp3) is 0.375. The second-order valence-corrected chi connectivity index (χ2v) is 5.68. The van der Waals surface area contributed by atoms with Gasteiger partial charge >= 0.3 is 0 Å². The first-order valence-corrected chi connectivity index (χ1v) is 7.45. The molecule has 1 atom stereocenters. The lowest BCUT2D eigenvalue weighted by Crippen LogP contribution is -2.33. The summed E-state index contributed by atoms with van der Waals surface area (Å²) in [5.41, 5.74) is 2.43. The maximum atomic E-state index is 5.95. The van der Waals surface area contributed by atoms with Crippen LogP contribution < -0.4 is 0 Å². The molecule has 20 heavy (non-hydrogen) atoms. The van der Waals surface area contributed by atoms with Gasteiger partial charge in [0.05, 0.1) is 11.7 Å². The summed E-state index contributed by atoms with van der Waals surface area (Å²) >= 11 is 5.95. The van der Waals surface area contributed by atoms with Crippen molar-refractivity contribution in [3.63, 3.8) is 0 Å². The smallest absolute Gasteiger partial charge is 0.115 e. The van der Waals surface area contributed by atoms with Crippen molar-refractivity contribution >= 4 is 11.6 Å². The number of aromatic nitrogens is 2. The van der Waals surface area contributed by atoms with Crippen LogP contribution in [0.15, 0.2) is 42.9 Å². The highest BCUT2D eigenvalue weighted by atomic mass is 35.5. The molecule has 0 N–H and O–H groups in total. The van der Waals surface area contributed by atoms with Gasteiger partial charge in [-0.2, -0.15) is 0 Å². The Bertz CT molecular complexity index is 541. The van der Waals surface area contributed by atoms with Gasteiger partial charge in [0, 0.05) is 17.8 Å². The van der Waals surface area contributed by atoms with E-state index in [9.17, 15) is 0 Å². The third kappa shape index (κ3) is 3.17. The number of piperidine rings is 1. The van der Waals surface area contributed by atoms with Crippen molar-refractivity contribution in [1.29, 1.82) is 0 Å². The molecule has 1 aliphatic heterocycles. The Labute approximate surface area is 124 Å². The quantitative estimate of drug-likeness (QED) is 0.858. The van der Waals surface area contributed by atoms with Crippen LogP contribution in [0.3, 0.4) is 0 Å². The van der Waals surface area contributed by atoms with E-state index in [-0.39, 0.29) is 0 Å². The topological polar surface area (TPSA) is 29.0 Å². The molecule has 1 aromatic carbocycles. The average molecular weight is 288 g/mol. The van der Waals surface area contributed by atoms with Crippen molar-refractivity contribution in [3.8, 4) is 0 Å². The minimum Gasteiger partial charge on any atom is -0.291 e. The maximum absolute atomic E-state index is 5.95. The lowest BCUT2D eigenvalue weighted by atomic mass is 9.98. The number of benzene rings is 1. The summed E-state index contributed by atoms with van der Waals surface area (Å²) in [6.45, 7) is 2.07. The summed E-state index contributed by atoms with van der Waals surface area (Å²) in [6, 6.07) is 10.6. The van der Waals surface area contributed by atoms with Gasteiger partial charge in [0.15, 0.2) is 0 Å². The lowest BCUT2D eigenvalue weighted by molar-refractivity contribution is 0.137. The summed E-state index contributed by atoms with van der Waals surface area (Å²) in [4.78, 5) is 11.0. The molecule has 4 heteroatoms. The minimum atomic E-state index is 0.405. The van der Waals surface area contributed by atoms with Crippen LogP contribution in [0.25, 0.3) is 0 Å². The SMILES string of the molecule is Clc1ccc(CN2CCCCC2c2ccncn2)cc1. The average Bonchev–Trinajstić information content (AvgIpc) is 2.51. The molecule has 1 fully saturated rings. The predicted molar refractivity (Wildman–Crippen MR) is 80.5 cm³/mol. The van der Waals surface area contributed by atoms with Crippen molar-refractivity contribution in [2.75, 3.05) is 6.54 Å². The molecular formula is C16H18ClN3. The molecule has 1 aliphatic rings. The highest BCUT2D eigenvalue weighted by Crippen LogP contribution is 2.30. The normalized spacial score (nSPS) is 19.9. The standard InChI is InChI=1S/C16H18ClN3/c17-14-6-4-13(5-7-14)11-20-10-2-1-3-16(20)15-8-9-18-12-19-15/h4-9,12,16H,1-3,10-11H2. The van der Waals surface area contributed by atoms with Crippen LogP contribution in [0.2, 0.25) is 5.02 Å². The molecule has 1 unspecified atom stereocenters. The molecule has 0 bridgehead atoms. The zero-order valence-corrected chi connectivity index (χ0v) is 12.1. The fourth-order valence-corrected chi connectivity index (χ4v) is 2.96. The summed E-state index contributed by atoms with van der Waals surface area (Å²) in [7, 11) is 0. The van der Waals surface area contributed by atoms with Crippen LogP contribution in [-0.4, -0.2) is 21.4 Å². The molecule has 0 spiro atoms. The second kappa shape index (κ2) is 6.33. The summed E-state index contributed by atoms with van der Waals surface area (Å²) in [6.07, 6.45) is 7.17. The van der Waals surface area contributed by atoms with E-state index in [1.165, 1.54) is 24.8 Å². The number of hydrogen-bond donors (Lipinski definition) is 0. The molecular weight excluding hydrogens is 270 g/mol. The third-order valence-corrected chi connectivity index (χ3v) is 4.11. The fourth-order valence-electron chi connectivity index (χ4n) is 2.84. The van der Waals surface area contributed by atoms with Crippen molar-refractivity contribution in [2.24, 2.45) is 0 Å². The van der Waals surface area contributed by atoms with E-state index >= 15 is 0 Å². The second-order valence-electron chi connectivity index (χ2n) is 5.24.